The van der Waals surface area contributed by atoms with E-state index in [2.05, 4.69) is 0 Å². The molecule has 1 unspecified atom stereocenters. The van der Waals surface area contributed by atoms with Crippen molar-refractivity contribution >= 4 is 34.4 Å². The number of hydrogen-bond donors (Lipinski definition) is 0. The maximum Gasteiger partial charge on any atom is 0.306 e. The quantitative estimate of drug-likeness (QED) is 0.609. The molecule has 1 aliphatic carbocycles. The number of rotatable bonds is 5. The van der Waals surface area contributed by atoms with Crippen molar-refractivity contribution in [2.45, 2.75) is 26.7 Å². The number of benzene rings is 1. The lowest BCUT2D eigenvalue weighted by Crippen LogP contribution is -2.26. The summed E-state index contributed by atoms with van der Waals surface area (Å²) in [7, 11) is 1.61. The summed E-state index contributed by atoms with van der Waals surface area (Å²) in [5.41, 5.74) is 2.68. The Hall–Kier alpha value is -2.01. The van der Waals surface area contributed by atoms with Crippen molar-refractivity contribution in [1.82, 2.24) is 0 Å². The summed E-state index contributed by atoms with van der Waals surface area (Å²) >= 11 is 5.38. The Morgan fingerprint density at radius 2 is 2.17 bits per heavy atom. The van der Waals surface area contributed by atoms with E-state index in [1.165, 1.54) is 0 Å². The highest BCUT2D eigenvalue weighted by atomic mass is 32.1. The van der Waals surface area contributed by atoms with Crippen LogP contribution in [0.3, 0.4) is 0 Å². The third kappa shape index (κ3) is 4.05. The molecule has 0 aromatic heterocycles. The first-order chi connectivity index (χ1) is 11.0. The normalized spacial score (nSPS) is 17.7. The Bertz CT molecular complexity index is 682. The highest BCUT2D eigenvalue weighted by Crippen LogP contribution is 2.35. The predicted octanol–water partition coefficient (Wildman–Crippen LogP) is 3.55. The van der Waals surface area contributed by atoms with Gasteiger partial charge in [0.1, 0.15) is 5.75 Å². The molecule has 23 heavy (non-hydrogen) atoms. The van der Waals surface area contributed by atoms with Crippen LogP contribution in [0.5, 0.6) is 5.75 Å². The highest BCUT2D eigenvalue weighted by molar-refractivity contribution is 7.80. The number of thiocarbonyl (C=S) groups is 1. The number of esters is 1. The fourth-order valence-corrected chi connectivity index (χ4v) is 3.11. The van der Waals surface area contributed by atoms with E-state index in [1.54, 1.807) is 20.1 Å². The molecule has 1 aliphatic rings. The molecule has 0 bridgehead atoms. The van der Waals surface area contributed by atoms with E-state index in [4.69, 9.17) is 21.7 Å². The second-order valence-electron chi connectivity index (χ2n) is 5.45. The minimum atomic E-state index is -0.300. The van der Waals surface area contributed by atoms with Gasteiger partial charge in [0.25, 0.3) is 0 Å². The van der Waals surface area contributed by atoms with Crippen LogP contribution in [-0.4, -0.2) is 30.3 Å². The molecule has 0 amide bonds. The Morgan fingerprint density at radius 1 is 1.43 bits per heavy atom. The summed E-state index contributed by atoms with van der Waals surface area (Å²) in [6.45, 7) is 4.05. The van der Waals surface area contributed by atoms with Crippen molar-refractivity contribution in [3.05, 3.63) is 35.4 Å². The maximum absolute atomic E-state index is 11.9. The summed E-state index contributed by atoms with van der Waals surface area (Å²) in [5.74, 6) is 0.152. The number of aryl methyl sites for hydroxylation is 1. The number of methoxy groups -OCH3 is 1. The summed E-state index contributed by atoms with van der Waals surface area (Å²) in [4.78, 5) is 24.4. The molecule has 0 aliphatic heterocycles. The van der Waals surface area contributed by atoms with Crippen molar-refractivity contribution in [3.8, 4) is 5.75 Å². The van der Waals surface area contributed by atoms with Gasteiger partial charge in [-0.25, -0.2) is 0 Å². The average Bonchev–Trinajstić information content (AvgIpc) is 2.50. The Balaban J connectivity index is 0.00000288. The van der Waals surface area contributed by atoms with Gasteiger partial charge < -0.3 is 9.47 Å². The Kier molecular flexibility index (Phi) is 5.66. The average molecular weight is 334 g/mol. The molecule has 124 valence electrons. The minimum absolute atomic E-state index is 0. The molecule has 0 saturated heterocycles. The smallest absolute Gasteiger partial charge is 0.306 e. The lowest BCUT2D eigenvalue weighted by Gasteiger charge is -2.25. The molecule has 0 N–H and O–H groups in total. The standard InChI is InChI=1S/C18H20O4S.H2/c1-4-22-18(20)10-16-15(8-12(19)9-17(16)23)14-6-5-13(21-3)7-11(14)2;/h5-8,16H,4,9-10H2,1-3H3;1H. The Morgan fingerprint density at radius 3 is 2.78 bits per heavy atom. The molecule has 0 radical (unpaired) electrons. The number of carbonyl (C=O) groups excluding carboxylic acids is 2. The van der Waals surface area contributed by atoms with Crippen LogP contribution in [0.4, 0.5) is 0 Å². The molecule has 1 atom stereocenters. The SMILES string of the molecule is CCOC(=O)CC1C(=S)CC(=O)C=C1c1ccc(OC)cc1C.[HH]. The van der Waals surface area contributed by atoms with Crippen LogP contribution < -0.4 is 4.74 Å². The predicted molar refractivity (Wildman–Crippen MR) is 94.8 cm³/mol. The van der Waals surface area contributed by atoms with Crippen LogP contribution in [0.2, 0.25) is 0 Å². The fourth-order valence-electron chi connectivity index (χ4n) is 2.76. The molecule has 4 nitrogen and oxygen atoms in total. The first kappa shape index (κ1) is 17.3. The molecular formula is C18H22O4S. The van der Waals surface area contributed by atoms with E-state index >= 15 is 0 Å². The molecule has 5 heteroatoms. The van der Waals surface area contributed by atoms with Gasteiger partial charge in [0, 0.05) is 18.6 Å². The molecule has 0 spiro atoms. The first-order valence-corrected chi connectivity index (χ1v) is 7.94. The van der Waals surface area contributed by atoms with E-state index in [0.717, 1.165) is 22.4 Å². The van der Waals surface area contributed by atoms with Crippen molar-refractivity contribution < 1.29 is 20.5 Å². The molecular weight excluding hydrogens is 312 g/mol. The Labute approximate surface area is 143 Å². The molecule has 2 rings (SSSR count). The van der Waals surface area contributed by atoms with Crippen molar-refractivity contribution in [1.29, 1.82) is 0 Å². The van der Waals surface area contributed by atoms with Gasteiger partial charge in [-0.3, -0.25) is 9.59 Å². The van der Waals surface area contributed by atoms with Gasteiger partial charge in [-0.05, 0) is 48.8 Å². The molecule has 0 fully saturated rings. The van der Waals surface area contributed by atoms with Gasteiger partial charge >= 0.3 is 5.97 Å². The molecule has 1 aromatic rings. The van der Waals surface area contributed by atoms with Gasteiger partial charge in [-0.2, -0.15) is 0 Å². The zero-order valence-corrected chi connectivity index (χ0v) is 14.4. The zero-order valence-electron chi connectivity index (χ0n) is 13.5. The van der Waals surface area contributed by atoms with E-state index in [9.17, 15) is 9.59 Å². The van der Waals surface area contributed by atoms with E-state index in [1.807, 2.05) is 25.1 Å². The number of hydrogen-bond acceptors (Lipinski definition) is 5. The summed E-state index contributed by atoms with van der Waals surface area (Å²) in [6.07, 6.45) is 1.98. The van der Waals surface area contributed by atoms with E-state index < -0.39 is 0 Å². The van der Waals surface area contributed by atoms with Crippen LogP contribution in [0, 0.1) is 12.8 Å². The first-order valence-electron chi connectivity index (χ1n) is 7.54. The summed E-state index contributed by atoms with van der Waals surface area (Å²) in [5, 5.41) is 0. The lowest BCUT2D eigenvalue weighted by atomic mass is 9.80. The van der Waals surface area contributed by atoms with Crippen LogP contribution in [0.1, 0.15) is 32.3 Å². The van der Waals surface area contributed by atoms with Crippen LogP contribution in [0.25, 0.3) is 5.57 Å². The van der Waals surface area contributed by atoms with E-state index in [-0.39, 0.29) is 31.9 Å². The molecule has 1 aromatic carbocycles. The van der Waals surface area contributed by atoms with Crippen LogP contribution in [-0.2, 0) is 14.3 Å². The van der Waals surface area contributed by atoms with Gasteiger partial charge in [0.05, 0.1) is 20.1 Å². The molecule has 0 saturated carbocycles. The summed E-state index contributed by atoms with van der Waals surface area (Å²) in [6, 6.07) is 5.64. The van der Waals surface area contributed by atoms with Gasteiger partial charge in [-0.1, -0.05) is 18.3 Å². The molecule has 0 heterocycles. The topological polar surface area (TPSA) is 52.6 Å². The monoisotopic (exact) mass is 334 g/mol. The van der Waals surface area contributed by atoms with E-state index in [0.29, 0.717) is 11.5 Å². The number of ether oxygens (including phenoxy) is 2. The van der Waals surface area contributed by atoms with Gasteiger partial charge in [0.15, 0.2) is 5.78 Å². The van der Waals surface area contributed by atoms with Crippen molar-refractivity contribution in [2.75, 3.05) is 13.7 Å². The number of ketones is 1. The van der Waals surface area contributed by atoms with Crippen LogP contribution >= 0.6 is 12.2 Å². The number of carbonyl (C=O) groups is 2. The third-order valence-electron chi connectivity index (χ3n) is 3.85. The van der Waals surface area contributed by atoms with Crippen molar-refractivity contribution in [3.63, 3.8) is 0 Å². The van der Waals surface area contributed by atoms with Crippen LogP contribution in [0.15, 0.2) is 24.3 Å². The highest BCUT2D eigenvalue weighted by Gasteiger charge is 2.30. The number of allylic oxidation sites excluding steroid dienone is 2. The fraction of sp³-hybridized carbons (Fsp3) is 0.389. The zero-order chi connectivity index (χ0) is 17.0. The maximum atomic E-state index is 11.9. The van der Waals surface area contributed by atoms with Gasteiger partial charge in [0.2, 0.25) is 0 Å². The second-order valence-corrected chi connectivity index (χ2v) is 5.98. The minimum Gasteiger partial charge on any atom is -0.497 e. The summed E-state index contributed by atoms with van der Waals surface area (Å²) < 4.78 is 10.3. The third-order valence-corrected chi connectivity index (χ3v) is 4.28. The van der Waals surface area contributed by atoms with Crippen molar-refractivity contribution in [2.24, 2.45) is 5.92 Å². The largest absolute Gasteiger partial charge is 0.497 e. The second kappa shape index (κ2) is 7.51. The lowest BCUT2D eigenvalue weighted by molar-refractivity contribution is -0.143. The van der Waals surface area contributed by atoms with Gasteiger partial charge in [-0.15, -0.1) is 0 Å².